The Kier molecular flexibility index (Phi) is 9.16. The SMILES string of the molecule is C=CC(=O)Nc1cc(-c2c(-c3ccc(N4CCN(C)CC4)cc3)[nH]c3ncc(C#N)cc23)ccc1C.O=C(O)C(F)(F)F. The maximum absolute atomic E-state index is 12.0. The van der Waals surface area contributed by atoms with Gasteiger partial charge >= 0.3 is 12.1 Å². The molecule has 12 heteroatoms. The number of likely N-dealkylation sites (N-methyl/N-ethyl adjacent to an activating group) is 1. The molecule has 2 aromatic carbocycles. The number of aryl methyl sites for hydroxylation is 1. The first kappa shape index (κ1) is 30.8. The summed E-state index contributed by atoms with van der Waals surface area (Å²) in [6.45, 7) is 9.64. The van der Waals surface area contributed by atoms with Crippen molar-refractivity contribution < 1.29 is 27.9 Å². The van der Waals surface area contributed by atoms with Crippen LogP contribution in [0, 0.1) is 18.3 Å². The van der Waals surface area contributed by atoms with Crippen molar-refractivity contribution in [3.8, 4) is 28.5 Å². The first-order valence-electron chi connectivity index (χ1n) is 13.2. The number of pyridine rings is 1. The van der Waals surface area contributed by atoms with Crippen LogP contribution in [-0.2, 0) is 9.59 Å². The van der Waals surface area contributed by atoms with Crippen LogP contribution in [0.1, 0.15) is 11.1 Å². The standard InChI is InChI=1S/C29H28N6O.C2HF3O2/c1-4-26(36)32-25-16-22(6-5-19(25)2)27-24-15-20(17-30)18-31-29(24)33-28(27)21-7-9-23(10-8-21)35-13-11-34(3)12-14-35;3-2(4,5)1(6)7/h4-10,15-16,18H,1,11-14H2,2-3H3,(H,31,33)(H,32,36);(H,6,7). The Bertz CT molecular complexity index is 1700. The molecule has 0 spiro atoms. The number of carbonyl (C=O) groups excluding carboxylic acids is 1. The molecule has 1 aliphatic heterocycles. The predicted molar refractivity (Wildman–Crippen MR) is 159 cm³/mol. The number of carboxylic acid groups (broad SMARTS) is 1. The minimum Gasteiger partial charge on any atom is -0.475 e. The lowest BCUT2D eigenvalue weighted by molar-refractivity contribution is -0.192. The van der Waals surface area contributed by atoms with E-state index in [0.29, 0.717) is 16.9 Å². The highest BCUT2D eigenvalue weighted by Crippen LogP contribution is 2.40. The van der Waals surface area contributed by atoms with E-state index in [1.165, 1.54) is 11.8 Å². The molecule has 0 unspecified atom stereocenters. The second kappa shape index (κ2) is 12.8. The van der Waals surface area contributed by atoms with Gasteiger partial charge in [-0.2, -0.15) is 18.4 Å². The van der Waals surface area contributed by atoms with Crippen molar-refractivity contribution in [3.05, 3.63) is 78.5 Å². The lowest BCUT2D eigenvalue weighted by atomic mass is 9.96. The number of carboxylic acids is 1. The monoisotopic (exact) mass is 590 g/mol. The molecule has 3 N–H and O–H groups in total. The summed E-state index contributed by atoms with van der Waals surface area (Å²) in [5.74, 6) is -3.02. The number of alkyl halides is 3. The van der Waals surface area contributed by atoms with Crippen LogP contribution in [-0.4, -0.2) is 71.3 Å². The van der Waals surface area contributed by atoms with Crippen molar-refractivity contribution in [3.63, 3.8) is 0 Å². The van der Waals surface area contributed by atoms with Gasteiger partial charge in [0.1, 0.15) is 11.7 Å². The molecule has 4 aromatic rings. The first-order valence-corrected chi connectivity index (χ1v) is 13.2. The van der Waals surface area contributed by atoms with Gasteiger partial charge in [0.15, 0.2) is 0 Å². The van der Waals surface area contributed by atoms with E-state index in [9.17, 15) is 23.2 Å². The molecule has 1 amide bonds. The van der Waals surface area contributed by atoms with Gasteiger partial charge in [-0.3, -0.25) is 4.79 Å². The largest absolute Gasteiger partial charge is 0.490 e. The van der Waals surface area contributed by atoms with Crippen LogP contribution >= 0.6 is 0 Å². The zero-order valence-corrected chi connectivity index (χ0v) is 23.5. The minimum absolute atomic E-state index is 0.262. The molecule has 1 saturated heterocycles. The number of aliphatic carboxylic acids is 1. The highest BCUT2D eigenvalue weighted by atomic mass is 19.4. The Morgan fingerprint density at radius 1 is 1.09 bits per heavy atom. The first-order chi connectivity index (χ1) is 20.4. The molecule has 0 bridgehead atoms. The van der Waals surface area contributed by atoms with Crippen LogP contribution in [0.4, 0.5) is 24.5 Å². The van der Waals surface area contributed by atoms with E-state index in [-0.39, 0.29) is 5.91 Å². The van der Waals surface area contributed by atoms with Gasteiger partial charge in [0.05, 0.1) is 11.3 Å². The normalized spacial score (nSPS) is 13.5. The van der Waals surface area contributed by atoms with Gasteiger partial charge in [0.25, 0.3) is 0 Å². The van der Waals surface area contributed by atoms with Crippen LogP contribution in [0.25, 0.3) is 33.4 Å². The molecule has 0 atom stereocenters. The number of amides is 1. The summed E-state index contributed by atoms with van der Waals surface area (Å²) in [4.78, 5) is 33.6. The zero-order valence-electron chi connectivity index (χ0n) is 23.5. The molecule has 2 aromatic heterocycles. The molecule has 1 fully saturated rings. The number of nitrogens with zero attached hydrogens (tertiary/aromatic N) is 4. The second-order valence-corrected chi connectivity index (χ2v) is 9.97. The number of aromatic amines is 1. The maximum atomic E-state index is 12.0. The van der Waals surface area contributed by atoms with Crippen LogP contribution in [0.3, 0.4) is 0 Å². The third-order valence-electron chi connectivity index (χ3n) is 7.02. The fraction of sp³-hybridized carbons (Fsp3) is 0.226. The molecule has 222 valence electrons. The third kappa shape index (κ3) is 7.20. The second-order valence-electron chi connectivity index (χ2n) is 9.97. The number of benzene rings is 2. The van der Waals surface area contributed by atoms with Gasteiger partial charge in [0, 0.05) is 54.7 Å². The molecular weight excluding hydrogens is 561 g/mol. The molecule has 0 aliphatic carbocycles. The van der Waals surface area contributed by atoms with Crippen LogP contribution in [0.15, 0.2) is 67.4 Å². The number of H-pyrrole nitrogens is 1. The lowest BCUT2D eigenvalue weighted by Crippen LogP contribution is -2.44. The molecule has 5 rings (SSSR count). The van der Waals surface area contributed by atoms with Crippen molar-refractivity contribution in [2.24, 2.45) is 0 Å². The minimum atomic E-state index is -5.08. The number of nitriles is 1. The Balaban J connectivity index is 0.000000541. The number of aromatic nitrogens is 2. The Labute approximate surface area is 245 Å². The van der Waals surface area contributed by atoms with E-state index in [2.05, 4.69) is 69.0 Å². The van der Waals surface area contributed by atoms with Crippen molar-refractivity contribution >= 4 is 34.3 Å². The van der Waals surface area contributed by atoms with Crippen LogP contribution < -0.4 is 10.2 Å². The molecule has 0 saturated carbocycles. The average Bonchev–Trinajstić information content (AvgIpc) is 3.37. The van der Waals surface area contributed by atoms with E-state index in [0.717, 1.165) is 59.5 Å². The summed E-state index contributed by atoms with van der Waals surface area (Å²) in [6, 6.07) is 18.6. The van der Waals surface area contributed by atoms with E-state index < -0.39 is 12.1 Å². The number of anilines is 2. The van der Waals surface area contributed by atoms with Crippen LogP contribution in [0.2, 0.25) is 0 Å². The topological polar surface area (TPSA) is 125 Å². The summed E-state index contributed by atoms with van der Waals surface area (Å²) in [7, 11) is 2.16. The molecule has 0 radical (unpaired) electrons. The fourth-order valence-corrected chi connectivity index (χ4v) is 4.65. The van der Waals surface area contributed by atoms with Gasteiger partial charge in [-0.05, 0) is 61.0 Å². The summed E-state index contributed by atoms with van der Waals surface area (Å²) in [5, 5.41) is 20.4. The highest BCUT2D eigenvalue weighted by molar-refractivity contribution is 6.04. The van der Waals surface area contributed by atoms with Gasteiger partial charge in [-0.1, -0.05) is 30.8 Å². The summed E-state index contributed by atoms with van der Waals surface area (Å²) < 4.78 is 31.7. The number of piperazine rings is 1. The third-order valence-corrected chi connectivity index (χ3v) is 7.02. The van der Waals surface area contributed by atoms with E-state index in [4.69, 9.17) is 9.90 Å². The van der Waals surface area contributed by atoms with Crippen molar-refractivity contribution in [2.75, 3.05) is 43.4 Å². The quantitative estimate of drug-likeness (QED) is 0.259. The number of nitrogens with one attached hydrogen (secondary N) is 2. The fourth-order valence-electron chi connectivity index (χ4n) is 4.65. The van der Waals surface area contributed by atoms with Gasteiger partial charge in [0.2, 0.25) is 5.91 Å². The molecule has 3 heterocycles. The predicted octanol–water partition coefficient (Wildman–Crippen LogP) is 5.59. The lowest BCUT2D eigenvalue weighted by Gasteiger charge is -2.34. The number of halogens is 3. The smallest absolute Gasteiger partial charge is 0.475 e. The Morgan fingerprint density at radius 3 is 2.30 bits per heavy atom. The Morgan fingerprint density at radius 2 is 1.72 bits per heavy atom. The van der Waals surface area contributed by atoms with Gasteiger partial charge in [-0.25, -0.2) is 9.78 Å². The summed E-state index contributed by atoms with van der Waals surface area (Å²) >= 11 is 0. The van der Waals surface area contributed by atoms with Crippen molar-refractivity contribution in [1.82, 2.24) is 14.9 Å². The van der Waals surface area contributed by atoms with Gasteiger partial charge in [-0.15, -0.1) is 0 Å². The summed E-state index contributed by atoms with van der Waals surface area (Å²) in [6.07, 6.45) is -2.25. The highest BCUT2D eigenvalue weighted by Gasteiger charge is 2.38. The van der Waals surface area contributed by atoms with E-state index >= 15 is 0 Å². The number of hydrogen-bond acceptors (Lipinski definition) is 6. The van der Waals surface area contributed by atoms with Gasteiger partial charge < -0.3 is 25.2 Å². The van der Waals surface area contributed by atoms with Crippen molar-refractivity contribution in [1.29, 1.82) is 5.26 Å². The zero-order chi connectivity index (χ0) is 31.3. The number of rotatable bonds is 5. The number of fused-ring (bicyclic) bond motifs is 1. The van der Waals surface area contributed by atoms with Crippen molar-refractivity contribution in [2.45, 2.75) is 13.1 Å². The molecule has 43 heavy (non-hydrogen) atoms. The maximum Gasteiger partial charge on any atom is 0.490 e. The molecule has 9 nitrogen and oxygen atoms in total. The number of carbonyl (C=O) groups is 2. The average molecular weight is 591 g/mol. The number of hydrogen-bond donors (Lipinski definition) is 3. The summed E-state index contributed by atoms with van der Waals surface area (Å²) in [5.41, 5.74) is 7.87. The van der Waals surface area contributed by atoms with E-state index in [1.54, 1.807) is 6.20 Å². The van der Waals surface area contributed by atoms with Crippen LogP contribution in [0.5, 0.6) is 0 Å². The molecular formula is C31H29F3N6O3. The van der Waals surface area contributed by atoms with E-state index in [1.807, 2.05) is 31.2 Å². The Hall–Kier alpha value is -5.15. The molecule has 1 aliphatic rings.